The molecule has 0 aliphatic heterocycles. The van der Waals surface area contributed by atoms with Gasteiger partial charge in [0.25, 0.3) is 0 Å². The second-order valence-corrected chi connectivity index (χ2v) is 3.67. The standard InChI is InChI=1S/C12H12N2O3/c1-8-3-4-12(11(6-15)13-8)16-7-10-5-9(2)17-14-10/h3-6H,7H2,1-2H3. The fourth-order valence-electron chi connectivity index (χ4n) is 1.41. The molecule has 0 saturated heterocycles. The zero-order chi connectivity index (χ0) is 12.3. The van der Waals surface area contributed by atoms with E-state index in [0.717, 1.165) is 11.5 Å². The number of rotatable bonds is 4. The summed E-state index contributed by atoms with van der Waals surface area (Å²) in [7, 11) is 0. The predicted molar refractivity (Wildman–Crippen MR) is 59.9 cm³/mol. The summed E-state index contributed by atoms with van der Waals surface area (Å²) in [6.07, 6.45) is 0.677. The number of nitrogens with zero attached hydrogens (tertiary/aromatic N) is 2. The van der Waals surface area contributed by atoms with Gasteiger partial charge in [-0.25, -0.2) is 4.98 Å². The molecule has 0 atom stereocenters. The van der Waals surface area contributed by atoms with Crippen molar-refractivity contribution in [2.75, 3.05) is 0 Å². The van der Waals surface area contributed by atoms with E-state index in [-0.39, 0.29) is 6.61 Å². The van der Waals surface area contributed by atoms with Crippen LogP contribution in [-0.2, 0) is 6.61 Å². The van der Waals surface area contributed by atoms with Gasteiger partial charge in [0.1, 0.15) is 29.5 Å². The Morgan fingerprint density at radius 2 is 2.24 bits per heavy atom. The van der Waals surface area contributed by atoms with E-state index in [2.05, 4.69) is 10.1 Å². The van der Waals surface area contributed by atoms with Gasteiger partial charge in [0, 0.05) is 11.8 Å². The molecule has 0 aromatic carbocycles. The van der Waals surface area contributed by atoms with Crippen molar-refractivity contribution in [2.45, 2.75) is 20.5 Å². The highest BCUT2D eigenvalue weighted by Crippen LogP contribution is 2.16. The Morgan fingerprint density at radius 3 is 2.88 bits per heavy atom. The van der Waals surface area contributed by atoms with Gasteiger partial charge in [0.2, 0.25) is 0 Å². The molecular weight excluding hydrogens is 220 g/mol. The van der Waals surface area contributed by atoms with Crippen molar-refractivity contribution in [3.63, 3.8) is 0 Å². The quantitative estimate of drug-likeness (QED) is 0.755. The Labute approximate surface area is 98.4 Å². The van der Waals surface area contributed by atoms with Gasteiger partial charge in [-0.1, -0.05) is 5.16 Å². The fourth-order valence-corrected chi connectivity index (χ4v) is 1.41. The van der Waals surface area contributed by atoms with E-state index in [1.165, 1.54) is 0 Å². The van der Waals surface area contributed by atoms with Crippen LogP contribution in [0.15, 0.2) is 22.7 Å². The molecule has 5 heteroatoms. The van der Waals surface area contributed by atoms with Crippen LogP contribution in [0, 0.1) is 13.8 Å². The van der Waals surface area contributed by atoms with Crippen LogP contribution in [0.3, 0.4) is 0 Å². The topological polar surface area (TPSA) is 65.2 Å². The normalized spacial score (nSPS) is 10.2. The summed E-state index contributed by atoms with van der Waals surface area (Å²) >= 11 is 0. The minimum Gasteiger partial charge on any atom is -0.485 e. The fraction of sp³-hybridized carbons (Fsp3) is 0.250. The van der Waals surface area contributed by atoms with Gasteiger partial charge >= 0.3 is 0 Å². The molecule has 0 saturated carbocycles. The van der Waals surface area contributed by atoms with Gasteiger partial charge in [0.05, 0.1) is 0 Å². The average molecular weight is 232 g/mol. The SMILES string of the molecule is Cc1ccc(OCc2cc(C)on2)c(C=O)n1. The zero-order valence-electron chi connectivity index (χ0n) is 9.64. The maximum atomic E-state index is 10.8. The maximum absolute atomic E-state index is 10.8. The summed E-state index contributed by atoms with van der Waals surface area (Å²) in [6.45, 7) is 3.88. The molecular formula is C12H12N2O3. The summed E-state index contributed by atoms with van der Waals surface area (Å²) in [5.41, 5.74) is 1.75. The van der Waals surface area contributed by atoms with Gasteiger partial charge in [0.15, 0.2) is 6.29 Å². The third-order valence-electron chi connectivity index (χ3n) is 2.19. The van der Waals surface area contributed by atoms with Gasteiger partial charge in [-0.05, 0) is 26.0 Å². The Bertz CT molecular complexity index is 534. The number of aldehydes is 1. The molecule has 88 valence electrons. The lowest BCUT2D eigenvalue weighted by Crippen LogP contribution is -2.01. The van der Waals surface area contributed by atoms with E-state index in [1.54, 1.807) is 25.1 Å². The van der Waals surface area contributed by atoms with Gasteiger partial charge in [-0.3, -0.25) is 4.79 Å². The van der Waals surface area contributed by atoms with Gasteiger partial charge in [-0.15, -0.1) is 0 Å². The van der Waals surface area contributed by atoms with Crippen LogP contribution in [-0.4, -0.2) is 16.4 Å². The second kappa shape index (κ2) is 4.78. The average Bonchev–Trinajstić information content (AvgIpc) is 2.73. The summed E-state index contributed by atoms with van der Waals surface area (Å²) in [5.74, 6) is 1.17. The minimum atomic E-state index is 0.253. The van der Waals surface area contributed by atoms with Gasteiger partial charge < -0.3 is 9.26 Å². The maximum Gasteiger partial charge on any atom is 0.172 e. The Kier molecular flexibility index (Phi) is 3.18. The van der Waals surface area contributed by atoms with Crippen LogP contribution in [0.4, 0.5) is 0 Å². The smallest absolute Gasteiger partial charge is 0.172 e. The van der Waals surface area contributed by atoms with Crippen molar-refractivity contribution in [3.8, 4) is 5.75 Å². The number of carbonyl (C=O) groups excluding carboxylic acids is 1. The lowest BCUT2D eigenvalue weighted by Gasteiger charge is -2.06. The van der Waals surface area contributed by atoms with E-state index in [9.17, 15) is 4.79 Å². The zero-order valence-corrected chi connectivity index (χ0v) is 9.64. The van der Waals surface area contributed by atoms with Crippen molar-refractivity contribution in [1.29, 1.82) is 0 Å². The molecule has 0 fully saturated rings. The number of pyridine rings is 1. The minimum absolute atomic E-state index is 0.253. The second-order valence-electron chi connectivity index (χ2n) is 3.67. The molecule has 0 aliphatic carbocycles. The van der Waals surface area contributed by atoms with Crippen LogP contribution in [0.5, 0.6) is 5.75 Å². The molecule has 2 heterocycles. The van der Waals surface area contributed by atoms with Gasteiger partial charge in [-0.2, -0.15) is 0 Å². The highest BCUT2D eigenvalue weighted by atomic mass is 16.5. The lowest BCUT2D eigenvalue weighted by molar-refractivity contribution is 0.111. The van der Waals surface area contributed by atoms with E-state index in [1.807, 2.05) is 6.92 Å². The van der Waals surface area contributed by atoms with Crippen molar-refractivity contribution in [2.24, 2.45) is 0 Å². The first kappa shape index (κ1) is 11.3. The summed E-state index contributed by atoms with van der Waals surface area (Å²) in [5, 5.41) is 3.80. The first-order chi connectivity index (χ1) is 8.19. The number of aromatic nitrogens is 2. The molecule has 0 bridgehead atoms. The molecule has 2 rings (SSSR count). The van der Waals surface area contributed by atoms with Crippen molar-refractivity contribution >= 4 is 6.29 Å². The van der Waals surface area contributed by atoms with Crippen LogP contribution < -0.4 is 4.74 Å². The molecule has 0 amide bonds. The molecule has 2 aromatic heterocycles. The molecule has 5 nitrogen and oxygen atoms in total. The molecule has 0 aliphatic rings. The Balaban J connectivity index is 2.11. The number of carbonyl (C=O) groups is 1. The molecule has 0 unspecified atom stereocenters. The van der Waals surface area contributed by atoms with Crippen LogP contribution in [0.2, 0.25) is 0 Å². The number of hydrogen-bond donors (Lipinski definition) is 0. The summed E-state index contributed by atoms with van der Waals surface area (Å²) < 4.78 is 10.4. The third-order valence-corrected chi connectivity index (χ3v) is 2.19. The number of ether oxygens (including phenoxy) is 1. The summed E-state index contributed by atoms with van der Waals surface area (Å²) in [4.78, 5) is 14.9. The molecule has 0 spiro atoms. The van der Waals surface area contributed by atoms with E-state index in [4.69, 9.17) is 9.26 Å². The van der Waals surface area contributed by atoms with Crippen molar-refractivity contribution < 1.29 is 14.1 Å². The van der Waals surface area contributed by atoms with Crippen LogP contribution in [0.25, 0.3) is 0 Å². The first-order valence-electron chi connectivity index (χ1n) is 5.17. The van der Waals surface area contributed by atoms with E-state index >= 15 is 0 Å². The van der Waals surface area contributed by atoms with E-state index < -0.39 is 0 Å². The third kappa shape index (κ3) is 2.69. The molecule has 0 N–H and O–H groups in total. The van der Waals surface area contributed by atoms with E-state index in [0.29, 0.717) is 23.4 Å². The highest BCUT2D eigenvalue weighted by molar-refractivity contribution is 5.76. The Morgan fingerprint density at radius 1 is 1.41 bits per heavy atom. The monoisotopic (exact) mass is 232 g/mol. The summed E-state index contributed by atoms with van der Waals surface area (Å²) in [6, 6.07) is 5.29. The number of hydrogen-bond acceptors (Lipinski definition) is 5. The van der Waals surface area contributed by atoms with Crippen molar-refractivity contribution in [3.05, 3.63) is 41.0 Å². The molecule has 17 heavy (non-hydrogen) atoms. The van der Waals surface area contributed by atoms with Crippen LogP contribution >= 0.6 is 0 Å². The number of aryl methyl sites for hydroxylation is 2. The Hall–Kier alpha value is -2.17. The molecule has 0 radical (unpaired) electrons. The first-order valence-corrected chi connectivity index (χ1v) is 5.17. The van der Waals surface area contributed by atoms with Crippen LogP contribution in [0.1, 0.15) is 27.6 Å². The molecule has 2 aromatic rings. The highest BCUT2D eigenvalue weighted by Gasteiger charge is 2.07. The van der Waals surface area contributed by atoms with Crippen molar-refractivity contribution in [1.82, 2.24) is 10.1 Å². The predicted octanol–water partition coefficient (Wildman–Crippen LogP) is 2.08. The largest absolute Gasteiger partial charge is 0.485 e. The lowest BCUT2D eigenvalue weighted by atomic mass is 10.3.